The van der Waals surface area contributed by atoms with Gasteiger partial charge in [-0.15, -0.1) is 0 Å². The Morgan fingerprint density at radius 2 is 0.662 bits per heavy atom. The molecule has 1 heterocycles. The fraction of sp³-hybridized carbons (Fsp3) is 0. The van der Waals surface area contributed by atoms with Crippen molar-refractivity contribution >= 4 is 97.3 Å². The summed E-state index contributed by atoms with van der Waals surface area (Å²) in [5.74, 6) is 0. The number of hydrogen-bond donors (Lipinski definition) is 0. The standard InChI is InChI=1S/C40H26.C36H22O/c1-2-13-29-25-32(24-23-27(29)11-1)40-37-20-7-5-18-35(37)39(36-19-6-8-21-38(36)40)31-16-9-15-30(26-31)34-22-10-14-28-12-3-4-17-33(28)34;1-2-11-23(12-3-1)34-26-15-6-8-17-28(26)35(29-18-9-7-16-27(29)34)30-19-10-20-32-36(30)31-21-24-13-4-5-14-25(24)22-33(31)37-32/h1-26H;1-22H/i;1D,2D,3D,11D,12D. The van der Waals surface area contributed by atoms with Crippen molar-refractivity contribution < 1.29 is 11.3 Å². The predicted molar refractivity (Wildman–Crippen MR) is 330 cm³/mol. The van der Waals surface area contributed by atoms with Crippen molar-refractivity contribution in [3.63, 3.8) is 0 Å². The number of benzene rings is 15. The molecular weight excluding hydrogens is 929 g/mol. The lowest BCUT2D eigenvalue weighted by Crippen LogP contribution is -1.91. The van der Waals surface area contributed by atoms with Gasteiger partial charge in [-0.2, -0.15) is 0 Å². The maximum atomic E-state index is 8.80. The van der Waals surface area contributed by atoms with Crippen LogP contribution in [0.4, 0.5) is 0 Å². The Labute approximate surface area is 453 Å². The van der Waals surface area contributed by atoms with Crippen LogP contribution in [0.25, 0.3) is 153 Å². The summed E-state index contributed by atoms with van der Waals surface area (Å²) in [6.07, 6.45) is 0. The molecule has 0 atom stereocenters. The van der Waals surface area contributed by atoms with Gasteiger partial charge >= 0.3 is 0 Å². The third kappa shape index (κ3) is 7.47. The molecule has 0 radical (unpaired) electrons. The van der Waals surface area contributed by atoms with Gasteiger partial charge in [-0.1, -0.05) is 261 Å². The minimum Gasteiger partial charge on any atom is -0.456 e. The van der Waals surface area contributed by atoms with Gasteiger partial charge in [-0.05, 0) is 161 Å². The number of fused-ring (bicyclic) bond motifs is 10. The van der Waals surface area contributed by atoms with Gasteiger partial charge < -0.3 is 4.42 Å². The summed E-state index contributed by atoms with van der Waals surface area (Å²) in [6.45, 7) is 0. The number of hydrogen-bond acceptors (Lipinski definition) is 1. The van der Waals surface area contributed by atoms with Crippen LogP contribution in [0.3, 0.4) is 0 Å². The highest BCUT2D eigenvalue weighted by molar-refractivity contribution is 6.27. The summed E-state index contributed by atoms with van der Waals surface area (Å²) >= 11 is 0. The van der Waals surface area contributed by atoms with Crippen LogP contribution < -0.4 is 0 Å². The van der Waals surface area contributed by atoms with Crippen LogP contribution in [0, 0.1) is 0 Å². The molecule has 0 fully saturated rings. The Hall–Kier alpha value is -10.1. The molecule has 0 amide bonds. The zero-order chi connectivity index (χ0) is 55.2. The second-order valence-electron chi connectivity index (χ2n) is 19.8. The Morgan fingerprint density at radius 3 is 1.27 bits per heavy atom. The normalized spacial score (nSPS) is 12.5. The van der Waals surface area contributed by atoms with E-state index in [0.717, 1.165) is 65.4 Å². The second kappa shape index (κ2) is 18.4. The summed E-state index contributed by atoms with van der Waals surface area (Å²) < 4.78 is 48.9. The van der Waals surface area contributed by atoms with Crippen molar-refractivity contribution in [2.75, 3.05) is 0 Å². The molecule has 0 aliphatic heterocycles. The molecule has 0 saturated carbocycles. The van der Waals surface area contributed by atoms with Gasteiger partial charge in [0.1, 0.15) is 11.2 Å². The van der Waals surface area contributed by atoms with Crippen molar-refractivity contribution in [2.45, 2.75) is 0 Å². The monoisotopic (exact) mass is 981 g/mol. The van der Waals surface area contributed by atoms with Gasteiger partial charge in [0.25, 0.3) is 0 Å². The van der Waals surface area contributed by atoms with Crippen LogP contribution in [-0.4, -0.2) is 0 Å². The average molecular weight is 982 g/mol. The summed E-state index contributed by atoms with van der Waals surface area (Å²) in [5.41, 5.74) is 12.1. The number of furan rings is 1. The van der Waals surface area contributed by atoms with Crippen molar-refractivity contribution in [1.29, 1.82) is 0 Å². The minimum atomic E-state index is -0.398. The van der Waals surface area contributed by atoms with E-state index >= 15 is 0 Å². The first-order valence-electron chi connectivity index (χ1n) is 28.7. The van der Waals surface area contributed by atoms with E-state index < -0.39 is 6.04 Å². The molecule has 358 valence electrons. The molecule has 0 bridgehead atoms. The highest BCUT2D eigenvalue weighted by atomic mass is 16.3. The van der Waals surface area contributed by atoms with E-state index in [1.54, 1.807) is 0 Å². The van der Waals surface area contributed by atoms with Crippen LogP contribution in [0.5, 0.6) is 0 Å². The Kier molecular flexibility index (Phi) is 9.41. The molecule has 0 N–H and O–H groups in total. The fourth-order valence-corrected chi connectivity index (χ4v) is 12.2. The first-order chi connectivity index (χ1) is 40.3. The Morgan fingerprint density at radius 1 is 0.234 bits per heavy atom. The van der Waals surface area contributed by atoms with Crippen LogP contribution in [0.2, 0.25) is 0 Å². The van der Waals surface area contributed by atoms with Gasteiger partial charge in [-0.25, -0.2) is 0 Å². The lowest BCUT2D eigenvalue weighted by molar-refractivity contribution is 0.669. The lowest BCUT2D eigenvalue weighted by atomic mass is 9.85. The van der Waals surface area contributed by atoms with E-state index in [1.807, 2.05) is 72.8 Å². The van der Waals surface area contributed by atoms with E-state index in [4.69, 9.17) is 11.3 Å². The van der Waals surface area contributed by atoms with Crippen molar-refractivity contribution in [1.82, 2.24) is 0 Å². The molecule has 0 spiro atoms. The van der Waals surface area contributed by atoms with Crippen LogP contribution >= 0.6 is 0 Å². The van der Waals surface area contributed by atoms with E-state index in [9.17, 15) is 0 Å². The van der Waals surface area contributed by atoms with Crippen molar-refractivity contribution in [2.24, 2.45) is 0 Å². The molecular formula is C76H48O. The first-order valence-corrected chi connectivity index (χ1v) is 26.2. The fourth-order valence-electron chi connectivity index (χ4n) is 12.2. The summed E-state index contributed by atoms with van der Waals surface area (Å²) in [7, 11) is 0. The molecule has 16 rings (SSSR count). The third-order valence-corrected chi connectivity index (χ3v) is 15.5. The quantitative estimate of drug-likeness (QED) is 0.157. The molecule has 1 nitrogen and oxygen atoms in total. The van der Waals surface area contributed by atoms with Crippen LogP contribution in [0.1, 0.15) is 6.85 Å². The van der Waals surface area contributed by atoms with E-state index in [1.165, 1.54) is 76.5 Å². The first kappa shape index (κ1) is 39.4. The average Bonchev–Trinajstić information content (AvgIpc) is 3.62. The molecule has 16 aromatic rings. The van der Waals surface area contributed by atoms with E-state index in [0.29, 0.717) is 5.56 Å². The smallest absolute Gasteiger partial charge is 0.136 e. The topological polar surface area (TPSA) is 13.1 Å². The highest BCUT2D eigenvalue weighted by Gasteiger charge is 2.21. The molecule has 1 heteroatoms. The molecule has 1 aromatic heterocycles. The van der Waals surface area contributed by atoms with Gasteiger partial charge in [0.05, 0.1) is 6.85 Å². The predicted octanol–water partition coefficient (Wildman–Crippen LogP) is 21.7. The molecule has 15 aromatic carbocycles. The molecule has 77 heavy (non-hydrogen) atoms. The molecule has 0 aliphatic rings. The highest BCUT2D eigenvalue weighted by Crippen LogP contribution is 2.48. The van der Waals surface area contributed by atoms with Gasteiger partial charge in [-0.3, -0.25) is 0 Å². The van der Waals surface area contributed by atoms with Crippen LogP contribution in [0.15, 0.2) is 295 Å². The number of rotatable bonds is 5. The van der Waals surface area contributed by atoms with Crippen molar-refractivity contribution in [3.05, 3.63) is 291 Å². The summed E-state index contributed by atoms with van der Waals surface area (Å²) in [5, 5.41) is 18.0. The van der Waals surface area contributed by atoms with E-state index in [-0.39, 0.29) is 29.7 Å². The largest absolute Gasteiger partial charge is 0.456 e. The minimum absolute atomic E-state index is 0.207. The maximum Gasteiger partial charge on any atom is 0.136 e. The summed E-state index contributed by atoms with van der Waals surface area (Å²) in [6, 6.07) is 90.6. The molecule has 0 unspecified atom stereocenters. The Bertz CT molecular complexity index is 5160. The SMILES string of the molecule is [2H]c1c([2H])c([2H])c(-c2c3ccccc3c(-c3cccc4oc5cc6ccccc6cc5c34)c3ccccc23)c([2H])c1[2H].c1cc(-c2cccc3ccccc23)cc(-c2c3ccccc3c(-c3ccc4ccccc4c3)c3ccccc23)c1. The zero-order valence-electron chi connectivity index (χ0n) is 46.7. The third-order valence-electron chi connectivity index (χ3n) is 15.5. The van der Waals surface area contributed by atoms with Crippen LogP contribution in [-0.2, 0) is 0 Å². The molecule has 0 aliphatic carbocycles. The zero-order valence-corrected chi connectivity index (χ0v) is 41.7. The Balaban J connectivity index is 0.000000141. The maximum absolute atomic E-state index is 8.80. The second-order valence-corrected chi connectivity index (χ2v) is 19.8. The van der Waals surface area contributed by atoms with Gasteiger partial charge in [0.2, 0.25) is 0 Å². The molecule has 0 saturated heterocycles. The van der Waals surface area contributed by atoms with Crippen molar-refractivity contribution in [3.8, 4) is 55.6 Å². The van der Waals surface area contributed by atoms with Gasteiger partial charge in [0, 0.05) is 10.8 Å². The van der Waals surface area contributed by atoms with Gasteiger partial charge in [0.15, 0.2) is 0 Å². The lowest BCUT2D eigenvalue weighted by Gasteiger charge is -2.18. The summed E-state index contributed by atoms with van der Waals surface area (Å²) in [4.78, 5) is 0. The van der Waals surface area contributed by atoms with E-state index in [2.05, 4.69) is 188 Å².